The van der Waals surface area contributed by atoms with Crippen LogP contribution >= 0.6 is 11.3 Å². The molecule has 1 saturated heterocycles. The van der Waals surface area contributed by atoms with Gasteiger partial charge >= 0.3 is 0 Å². The molecule has 4 rings (SSSR count). The second-order valence-electron chi connectivity index (χ2n) is 6.38. The van der Waals surface area contributed by atoms with E-state index in [1.807, 2.05) is 0 Å². The Hall–Kier alpha value is -2.67. The number of fused-ring (bicyclic) bond motifs is 1. The first-order chi connectivity index (χ1) is 12.6. The molecule has 0 saturated carbocycles. The van der Waals surface area contributed by atoms with Crippen molar-refractivity contribution in [2.75, 3.05) is 23.3 Å². The van der Waals surface area contributed by atoms with E-state index in [0.717, 1.165) is 28.4 Å². The number of rotatable bonds is 3. The van der Waals surface area contributed by atoms with Crippen molar-refractivity contribution in [2.45, 2.75) is 12.8 Å². The van der Waals surface area contributed by atoms with Crippen LogP contribution < -0.4 is 10.2 Å². The highest BCUT2D eigenvalue weighted by molar-refractivity contribution is 7.22. The molecule has 26 heavy (non-hydrogen) atoms. The zero-order valence-corrected chi connectivity index (χ0v) is 14.8. The van der Waals surface area contributed by atoms with E-state index >= 15 is 0 Å². The minimum Gasteiger partial charge on any atom is -0.506 e. The summed E-state index contributed by atoms with van der Waals surface area (Å²) in [5.74, 6) is -0.359. The standard InChI is InChI=1S/C19H18FN3O2S/c20-13-5-6-15-17(11-13)26-19(22-15)23-9-7-12(8-10-23)18(25)21-14-3-1-2-4-16(14)24/h1-6,11-12,24H,7-10H2,(H,21,25). The predicted octanol–water partition coefficient (Wildman–Crippen LogP) is 4.00. The third-order valence-electron chi connectivity index (χ3n) is 4.64. The van der Waals surface area contributed by atoms with Gasteiger partial charge < -0.3 is 15.3 Å². The van der Waals surface area contributed by atoms with Gasteiger partial charge in [0.15, 0.2) is 5.13 Å². The van der Waals surface area contributed by atoms with Crippen molar-refractivity contribution in [3.8, 4) is 5.75 Å². The summed E-state index contributed by atoms with van der Waals surface area (Å²) in [5.41, 5.74) is 1.24. The maximum absolute atomic E-state index is 13.3. The molecule has 0 bridgehead atoms. The number of piperidine rings is 1. The molecule has 0 radical (unpaired) electrons. The number of aromatic nitrogens is 1. The van der Waals surface area contributed by atoms with Crippen molar-refractivity contribution >= 4 is 38.3 Å². The number of halogens is 1. The summed E-state index contributed by atoms with van der Waals surface area (Å²) in [6, 6.07) is 11.3. The maximum Gasteiger partial charge on any atom is 0.227 e. The van der Waals surface area contributed by atoms with Gasteiger partial charge in [0, 0.05) is 19.0 Å². The normalized spacial score (nSPS) is 15.3. The zero-order chi connectivity index (χ0) is 18.1. The molecule has 7 heteroatoms. The largest absolute Gasteiger partial charge is 0.506 e. The van der Waals surface area contributed by atoms with Crippen LogP contribution in [-0.4, -0.2) is 29.1 Å². The molecule has 1 amide bonds. The molecular weight excluding hydrogens is 353 g/mol. The summed E-state index contributed by atoms with van der Waals surface area (Å²) in [5, 5.41) is 13.4. The molecule has 5 nitrogen and oxygen atoms in total. The number of carbonyl (C=O) groups is 1. The summed E-state index contributed by atoms with van der Waals surface area (Å²) in [6.07, 6.45) is 1.42. The third kappa shape index (κ3) is 3.35. The number of hydrogen-bond donors (Lipinski definition) is 2. The number of phenols is 1. The first-order valence-corrected chi connectivity index (χ1v) is 9.32. The van der Waals surface area contributed by atoms with Crippen LogP contribution in [-0.2, 0) is 4.79 Å². The highest BCUT2D eigenvalue weighted by atomic mass is 32.1. The van der Waals surface area contributed by atoms with Crippen molar-refractivity contribution in [2.24, 2.45) is 5.92 Å². The van der Waals surface area contributed by atoms with E-state index in [-0.39, 0.29) is 23.4 Å². The number of benzene rings is 2. The minimum atomic E-state index is -0.257. The summed E-state index contributed by atoms with van der Waals surface area (Å²) in [7, 11) is 0. The van der Waals surface area contributed by atoms with Crippen molar-refractivity contribution in [1.82, 2.24) is 4.98 Å². The van der Waals surface area contributed by atoms with E-state index in [9.17, 15) is 14.3 Å². The molecule has 2 aromatic carbocycles. The lowest BCUT2D eigenvalue weighted by atomic mass is 9.96. The van der Waals surface area contributed by atoms with Crippen LogP contribution in [0.3, 0.4) is 0 Å². The summed E-state index contributed by atoms with van der Waals surface area (Å²) < 4.78 is 14.2. The molecule has 1 aromatic heterocycles. The predicted molar refractivity (Wildman–Crippen MR) is 101 cm³/mol. The molecule has 0 atom stereocenters. The van der Waals surface area contributed by atoms with Crippen LogP contribution in [0, 0.1) is 11.7 Å². The molecular formula is C19H18FN3O2S. The van der Waals surface area contributed by atoms with E-state index in [4.69, 9.17) is 0 Å². The lowest BCUT2D eigenvalue weighted by Gasteiger charge is -2.31. The van der Waals surface area contributed by atoms with E-state index in [2.05, 4.69) is 15.2 Å². The topological polar surface area (TPSA) is 65.5 Å². The monoisotopic (exact) mass is 371 g/mol. The van der Waals surface area contributed by atoms with Gasteiger partial charge in [-0.2, -0.15) is 0 Å². The Bertz CT molecular complexity index is 951. The van der Waals surface area contributed by atoms with E-state index in [1.165, 1.54) is 23.5 Å². The fourth-order valence-corrected chi connectivity index (χ4v) is 4.21. The second-order valence-corrected chi connectivity index (χ2v) is 7.39. The molecule has 134 valence electrons. The Balaban J connectivity index is 1.40. The van der Waals surface area contributed by atoms with Gasteiger partial charge in [0.1, 0.15) is 11.6 Å². The summed E-state index contributed by atoms with van der Waals surface area (Å²) in [4.78, 5) is 19.2. The van der Waals surface area contributed by atoms with Gasteiger partial charge in [0.25, 0.3) is 0 Å². The second kappa shape index (κ2) is 6.92. The highest BCUT2D eigenvalue weighted by Gasteiger charge is 2.27. The Labute approximate surface area is 154 Å². The van der Waals surface area contributed by atoms with Gasteiger partial charge in [0.05, 0.1) is 15.9 Å². The van der Waals surface area contributed by atoms with Gasteiger partial charge in [-0.15, -0.1) is 0 Å². The van der Waals surface area contributed by atoms with Crippen molar-refractivity contribution in [3.05, 3.63) is 48.3 Å². The smallest absolute Gasteiger partial charge is 0.227 e. The highest BCUT2D eigenvalue weighted by Crippen LogP contribution is 2.32. The molecule has 2 N–H and O–H groups in total. The number of nitrogens with one attached hydrogen (secondary N) is 1. The van der Waals surface area contributed by atoms with E-state index in [0.29, 0.717) is 18.5 Å². The number of phenolic OH excluding ortho intramolecular Hbond substituents is 1. The average molecular weight is 371 g/mol. The number of para-hydroxylation sites is 2. The quantitative estimate of drug-likeness (QED) is 0.683. The Morgan fingerprint density at radius 2 is 2.00 bits per heavy atom. The Kier molecular flexibility index (Phi) is 4.46. The summed E-state index contributed by atoms with van der Waals surface area (Å²) >= 11 is 1.47. The fraction of sp³-hybridized carbons (Fsp3) is 0.263. The third-order valence-corrected chi connectivity index (χ3v) is 5.72. The van der Waals surface area contributed by atoms with Crippen molar-refractivity contribution in [3.63, 3.8) is 0 Å². The number of anilines is 2. The van der Waals surface area contributed by atoms with Crippen LogP contribution in [0.1, 0.15) is 12.8 Å². The lowest BCUT2D eigenvalue weighted by Crippen LogP contribution is -2.38. The lowest BCUT2D eigenvalue weighted by molar-refractivity contribution is -0.120. The van der Waals surface area contributed by atoms with Crippen LogP contribution in [0.4, 0.5) is 15.2 Å². The number of aromatic hydroxyl groups is 1. The SMILES string of the molecule is O=C(Nc1ccccc1O)C1CCN(c2nc3ccc(F)cc3s2)CC1. The van der Waals surface area contributed by atoms with Gasteiger partial charge in [0.2, 0.25) is 5.91 Å². The number of thiazole rings is 1. The first kappa shape index (κ1) is 16.8. The molecule has 1 aliphatic rings. The van der Waals surface area contributed by atoms with Crippen LogP contribution in [0.2, 0.25) is 0 Å². The first-order valence-electron chi connectivity index (χ1n) is 8.50. The van der Waals surface area contributed by atoms with Gasteiger partial charge in [-0.1, -0.05) is 23.5 Å². The molecule has 3 aromatic rings. The number of amides is 1. The molecule has 1 fully saturated rings. The van der Waals surface area contributed by atoms with Crippen molar-refractivity contribution in [1.29, 1.82) is 0 Å². The van der Waals surface area contributed by atoms with Crippen LogP contribution in [0.5, 0.6) is 5.75 Å². The molecule has 0 spiro atoms. The molecule has 1 aliphatic heterocycles. The fourth-order valence-electron chi connectivity index (χ4n) is 3.17. The van der Waals surface area contributed by atoms with Gasteiger partial charge in [-0.05, 0) is 43.2 Å². The van der Waals surface area contributed by atoms with Crippen LogP contribution in [0.25, 0.3) is 10.2 Å². The number of nitrogens with zero attached hydrogens (tertiary/aromatic N) is 2. The van der Waals surface area contributed by atoms with Crippen molar-refractivity contribution < 1.29 is 14.3 Å². The Morgan fingerprint density at radius 3 is 2.77 bits per heavy atom. The number of hydrogen-bond acceptors (Lipinski definition) is 5. The van der Waals surface area contributed by atoms with E-state index < -0.39 is 0 Å². The average Bonchev–Trinajstić information content (AvgIpc) is 3.07. The van der Waals surface area contributed by atoms with Gasteiger partial charge in [-0.3, -0.25) is 4.79 Å². The van der Waals surface area contributed by atoms with Crippen LogP contribution in [0.15, 0.2) is 42.5 Å². The maximum atomic E-state index is 13.3. The minimum absolute atomic E-state index is 0.0694. The van der Waals surface area contributed by atoms with E-state index in [1.54, 1.807) is 30.3 Å². The summed E-state index contributed by atoms with van der Waals surface area (Å²) in [6.45, 7) is 1.45. The molecule has 0 unspecified atom stereocenters. The zero-order valence-electron chi connectivity index (χ0n) is 14.0. The van der Waals surface area contributed by atoms with Gasteiger partial charge in [-0.25, -0.2) is 9.37 Å². The number of carbonyl (C=O) groups excluding carboxylic acids is 1. The molecule has 2 heterocycles. The molecule has 0 aliphatic carbocycles. The Morgan fingerprint density at radius 1 is 1.23 bits per heavy atom.